The molecule has 0 unspecified atom stereocenters. The van der Waals surface area contributed by atoms with Crippen LogP contribution in [0.15, 0.2) is 101 Å². The summed E-state index contributed by atoms with van der Waals surface area (Å²) in [5.41, 5.74) is 26.9. The predicted molar refractivity (Wildman–Crippen MR) is 298 cm³/mol. The van der Waals surface area contributed by atoms with Crippen LogP contribution in [-0.2, 0) is 32.5 Å². The van der Waals surface area contributed by atoms with E-state index in [1.807, 2.05) is 0 Å². The molecule has 354 valence electrons. The Hall–Kier alpha value is -5.48. The molecule has 3 nitrogen and oxygen atoms in total. The van der Waals surface area contributed by atoms with Gasteiger partial charge in [-0.15, -0.1) is 0 Å². The molecule has 6 aromatic carbocycles. The third-order valence-corrected chi connectivity index (χ3v) is 17.6. The lowest BCUT2D eigenvalue weighted by molar-refractivity contribution is 0.332. The second-order valence-corrected chi connectivity index (χ2v) is 26.6. The minimum atomic E-state index is -0.136. The fraction of sp³-hybridized carbons (Fsp3) is 0.415. The highest BCUT2D eigenvalue weighted by Gasteiger charge is 2.49. The third kappa shape index (κ3) is 7.03. The summed E-state index contributed by atoms with van der Waals surface area (Å²) in [6, 6.07) is 39.1. The first-order chi connectivity index (χ1) is 32.2. The van der Waals surface area contributed by atoms with Crippen LogP contribution in [0.5, 0.6) is 0 Å². The van der Waals surface area contributed by atoms with E-state index in [9.17, 15) is 0 Å². The van der Waals surface area contributed by atoms with Gasteiger partial charge in [-0.05, 0) is 200 Å². The van der Waals surface area contributed by atoms with Crippen molar-refractivity contribution in [2.24, 2.45) is 0 Å². The van der Waals surface area contributed by atoms with Gasteiger partial charge in [-0.25, -0.2) is 0 Å². The lowest BCUT2D eigenvalue weighted by atomic mass is 9.35. The smallest absolute Gasteiger partial charge is 0.297 e. The number of anilines is 6. The Labute approximate surface area is 414 Å². The van der Waals surface area contributed by atoms with Crippen molar-refractivity contribution in [1.82, 2.24) is 0 Å². The second kappa shape index (κ2) is 14.8. The Bertz CT molecular complexity index is 3260. The number of hydrogen-bond donors (Lipinski definition) is 0. The molecule has 0 fully saturated rings. The molecule has 0 saturated carbocycles. The van der Waals surface area contributed by atoms with Crippen molar-refractivity contribution in [2.45, 2.75) is 176 Å². The van der Waals surface area contributed by atoms with Crippen molar-refractivity contribution in [3.63, 3.8) is 0 Å². The van der Waals surface area contributed by atoms with Crippen molar-refractivity contribution in [3.8, 4) is 11.1 Å². The minimum Gasteiger partial charge on any atom is -0.468 e. The minimum absolute atomic E-state index is 0.0307. The molecule has 11 rings (SSSR count). The highest BCUT2D eigenvalue weighted by Crippen LogP contribution is 2.54. The van der Waals surface area contributed by atoms with Crippen LogP contribution in [0.2, 0.25) is 0 Å². The average molecular weight is 911 g/mol. The van der Waals surface area contributed by atoms with E-state index in [2.05, 4.69) is 225 Å². The number of rotatable bonds is 3. The fourth-order valence-corrected chi connectivity index (χ4v) is 13.2. The number of furan rings is 1. The maximum absolute atomic E-state index is 7.66. The van der Waals surface area contributed by atoms with E-state index in [0.717, 1.165) is 30.5 Å². The number of fused-ring (bicyclic) bond motifs is 8. The number of nitrogens with zero attached hydrogens (tertiary/aromatic N) is 2. The van der Waals surface area contributed by atoms with E-state index in [1.54, 1.807) is 0 Å². The van der Waals surface area contributed by atoms with Crippen molar-refractivity contribution < 1.29 is 4.42 Å². The van der Waals surface area contributed by atoms with Crippen LogP contribution in [-0.4, -0.2) is 6.71 Å². The summed E-state index contributed by atoms with van der Waals surface area (Å²) in [6.07, 6.45) is 4.64. The third-order valence-electron chi connectivity index (χ3n) is 17.6. The normalized spacial score (nSPS) is 18.4. The monoisotopic (exact) mass is 911 g/mol. The van der Waals surface area contributed by atoms with E-state index in [0.29, 0.717) is 0 Å². The lowest BCUT2D eigenvalue weighted by Crippen LogP contribution is -2.61. The summed E-state index contributed by atoms with van der Waals surface area (Å²) < 4.78 is 7.66. The van der Waals surface area contributed by atoms with Gasteiger partial charge in [0.05, 0.1) is 11.3 Å². The largest absolute Gasteiger partial charge is 0.468 e. The van der Waals surface area contributed by atoms with Gasteiger partial charge in [0, 0.05) is 33.8 Å². The molecule has 0 saturated heterocycles. The molecule has 0 atom stereocenters. The van der Waals surface area contributed by atoms with Crippen molar-refractivity contribution in [3.05, 3.63) is 147 Å². The van der Waals surface area contributed by atoms with E-state index in [4.69, 9.17) is 4.42 Å². The van der Waals surface area contributed by atoms with E-state index >= 15 is 0 Å². The average Bonchev–Trinajstić information content (AvgIpc) is 3.63. The molecule has 2 aliphatic heterocycles. The van der Waals surface area contributed by atoms with Crippen LogP contribution in [0.1, 0.15) is 173 Å². The van der Waals surface area contributed by atoms with Gasteiger partial charge < -0.3 is 14.2 Å². The Morgan fingerprint density at radius 3 is 1.58 bits per heavy atom. The van der Waals surface area contributed by atoms with Crippen LogP contribution in [0, 0.1) is 20.8 Å². The first-order valence-corrected chi connectivity index (χ1v) is 26.0. The molecule has 0 amide bonds. The number of benzene rings is 6. The van der Waals surface area contributed by atoms with Gasteiger partial charge in [0.25, 0.3) is 6.71 Å². The van der Waals surface area contributed by atoms with Gasteiger partial charge in [-0.3, -0.25) is 0 Å². The fourth-order valence-electron chi connectivity index (χ4n) is 13.2. The van der Waals surface area contributed by atoms with Gasteiger partial charge in [-0.1, -0.05) is 145 Å². The molecular formula is C65H75BN2O. The first-order valence-electron chi connectivity index (χ1n) is 26.0. The molecule has 4 heteroatoms. The van der Waals surface area contributed by atoms with Crippen LogP contribution in [0.3, 0.4) is 0 Å². The predicted octanol–water partition coefficient (Wildman–Crippen LogP) is 16.4. The number of aryl methyl sites for hydroxylation is 3. The molecule has 2 aliphatic carbocycles. The van der Waals surface area contributed by atoms with E-state index in [-0.39, 0.29) is 39.2 Å². The van der Waals surface area contributed by atoms with Crippen LogP contribution >= 0.6 is 0 Å². The van der Waals surface area contributed by atoms with Crippen LogP contribution in [0.25, 0.3) is 22.1 Å². The summed E-state index contributed by atoms with van der Waals surface area (Å²) in [4.78, 5) is 5.25. The maximum Gasteiger partial charge on any atom is 0.297 e. The first kappa shape index (κ1) is 45.9. The summed E-state index contributed by atoms with van der Waals surface area (Å²) in [5.74, 6) is 0. The topological polar surface area (TPSA) is 19.6 Å². The van der Waals surface area contributed by atoms with Gasteiger partial charge >= 0.3 is 0 Å². The second-order valence-electron chi connectivity index (χ2n) is 26.6. The van der Waals surface area contributed by atoms with Gasteiger partial charge in [0.15, 0.2) is 0 Å². The maximum atomic E-state index is 7.66. The highest BCUT2D eigenvalue weighted by atomic mass is 16.3. The van der Waals surface area contributed by atoms with Crippen LogP contribution < -0.4 is 26.4 Å². The Kier molecular flexibility index (Phi) is 9.84. The molecular weight excluding hydrogens is 836 g/mol. The Balaban J connectivity index is 1.31. The highest BCUT2D eigenvalue weighted by molar-refractivity contribution is 7.00. The molecule has 7 aromatic rings. The van der Waals surface area contributed by atoms with Gasteiger partial charge in [0.2, 0.25) is 0 Å². The molecule has 1 aromatic heterocycles. The van der Waals surface area contributed by atoms with E-state index in [1.165, 1.54) is 118 Å². The van der Waals surface area contributed by atoms with E-state index < -0.39 is 0 Å². The zero-order valence-corrected chi connectivity index (χ0v) is 44.9. The zero-order valence-electron chi connectivity index (χ0n) is 44.9. The van der Waals surface area contributed by atoms with Crippen LogP contribution in [0.4, 0.5) is 34.1 Å². The Morgan fingerprint density at radius 2 is 1.00 bits per heavy atom. The van der Waals surface area contributed by atoms with Crippen molar-refractivity contribution in [2.75, 3.05) is 9.80 Å². The molecule has 0 spiro atoms. The summed E-state index contributed by atoms with van der Waals surface area (Å²) in [5, 5.41) is 1.21. The Morgan fingerprint density at radius 1 is 0.493 bits per heavy atom. The molecule has 0 radical (unpaired) electrons. The van der Waals surface area contributed by atoms with Gasteiger partial charge in [-0.2, -0.15) is 0 Å². The SMILES string of the molecule is Cc1cc(C)c(-c2cc3c4c(c2)N(c2ccc5c(c2)C(C)(C)CCC5(C)C)c2c(oc5cc6c(cc25)C(C)(C)CCC6(C)C)B4c2ccc(C(C)(C)C)cc2N3c2ccc(C(C)(C)C)cc2)c(C)c1. The summed E-state index contributed by atoms with van der Waals surface area (Å²) >= 11 is 0. The summed E-state index contributed by atoms with van der Waals surface area (Å²) in [6.45, 7) is 40.2. The van der Waals surface area contributed by atoms with Gasteiger partial charge in [0.1, 0.15) is 5.58 Å². The van der Waals surface area contributed by atoms with Crippen molar-refractivity contribution in [1.29, 1.82) is 0 Å². The summed E-state index contributed by atoms with van der Waals surface area (Å²) in [7, 11) is 0. The molecule has 69 heavy (non-hydrogen) atoms. The quantitative estimate of drug-likeness (QED) is 0.165. The molecule has 3 heterocycles. The zero-order chi connectivity index (χ0) is 49.3. The lowest BCUT2D eigenvalue weighted by Gasteiger charge is -2.45. The molecule has 4 aliphatic rings. The standard InChI is InChI=1S/C65H75BN2O/c1-38-30-39(2)56(40(3)31-38)41-32-53-57-54(33-41)68(45-23-24-47-48(35-45)63(12,13)27-26-62(47,10)11)58-46-36-49-50(65(16,17)29-28-64(49,14)15)37-55(46)69-59(58)66(57)51-25-20-43(61(7,8)9)34-52(51)67(53)44-21-18-42(19-22-44)60(4,5)6/h18-25,30-37H,26-29H2,1-17H3. The molecule has 0 bridgehead atoms. The number of hydrogen-bond acceptors (Lipinski definition) is 3. The van der Waals surface area contributed by atoms with Crippen molar-refractivity contribution >= 4 is 68.4 Å². The molecule has 0 N–H and O–H groups in total.